The van der Waals surface area contributed by atoms with E-state index in [1.807, 2.05) is 0 Å². The average Bonchev–Trinajstić information content (AvgIpc) is 2.38. The van der Waals surface area contributed by atoms with Crippen LogP contribution in [0, 0.1) is 0 Å². The van der Waals surface area contributed by atoms with Crippen molar-refractivity contribution in [3.05, 3.63) is 0 Å². The predicted molar refractivity (Wildman–Crippen MR) is 34.7 cm³/mol. The Morgan fingerprint density at radius 1 is 1.55 bits per heavy atom. The van der Waals surface area contributed by atoms with E-state index in [0.29, 0.717) is 6.42 Å². The van der Waals surface area contributed by atoms with Crippen LogP contribution in [0.2, 0.25) is 0 Å². The third-order valence-electron chi connectivity index (χ3n) is 2.07. The molecule has 2 saturated heterocycles. The number of rotatable bonds is 0. The van der Waals surface area contributed by atoms with Crippen LogP contribution in [-0.4, -0.2) is 40.6 Å². The first-order valence-electron chi connectivity index (χ1n) is 3.48. The molecular weight excluding hydrogens is 148 g/mol. The Labute approximate surface area is 63.0 Å². The quantitative estimate of drug-likeness (QED) is 0.427. The Balaban J connectivity index is 2.23. The minimum absolute atomic E-state index is 0.280. The summed E-state index contributed by atoms with van der Waals surface area (Å²) in [6, 6.07) is -0.797. The number of carbonyl (C=O) groups excluding carboxylic acids is 2. The summed E-state index contributed by atoms with van der Waals surface area (Å²) in [4.78, 5) is 23.2. The topological polar surface area (TPSA) is 69.6 Å². The molecule has 0 spiro atoms. The van der Waals surface area contributed by atoms with Crippen molar-refractivity contribution in [2.75, 3.05) is 6.54 Å². The monoisotopic (exact) mass is 156 g/mol. The number of fused-ring (bicyclic) bond motifs is 1. The third kappa shape index (κ3) is 0.808. The standard InChI is InChI=1S/C6H8N2O3/c9-3-1-4-5(10)7-6(11)8(4)2-3/h3-4,9H,1-2H2,(H,7,10,11)/t3-,4+/m1/s1. The van der Waals surface area contributed by atoms with Crippen molar-refractivity contribution in [1.82, 2.24) is 10.2 Å². The molecule has 60 valence electrons. The molecule has 0 aromatic heterocycles. The van der Waals surface area contributed by atoms with E-state index < -0.39 is 12.1 Å². The Morgan fingerprint density at radius 3 is 2.91 bits per heavy atom. The van der Waals surface area contributed by atoms with Crippen molar-refractivity contribution in [2.24, 2.45) is 0 Å². The number of hydrogen-bond acceptors (Lipinski definition) is 3. The molecule has 5 heteroatoms. The molecule has 3 amide bonds. The largest absolute Gasteiger partial charge is 0.391 e. The van der Waals surface area contributed by atoms with Gasteiger partial charge in [-0.25, -0.2) is 4.79 Å². The van der Waals surface area contributed by atoms with E-state index >= 15 is 0 Å². The molecule has 2 fully saturated rings. The fourth-order valence-electron chi connectivity index (χ4n) is 1.55. The fourth-order valence-corrected chi connectivity index (χ4v) is 1.55. The second kappa shape index (κ2) is 1.94. The maximum atomic E-state index is 10.9. The van der Waals surface area contributed by atoms with E-state index in [2.05, 4.69) is 5.32 Å². The zero-order valence-corrected chi connectivity index (χ0v) is 5.78. The van der Waals surface area contributed by atoms with E-state index in [4.69, 9.17) is 5.11 Å². The van der Waals surface area contributed by atoms with E-state index in [1.165, 1.54) is 4.90 Å². The number of urea groups is 1. The molecule has 0 unspecified atom stereocenters. The molecule has 2 aliphatic heterocycles. The van der Waals surface area contributed by atoms with E-state index in [0.717, 1.165) is 0 Å². The van der Waals surface area contributed by atoms with Crippen molar-refractivity contribution in [3.8, 4) is 0 Å². The maximum Gasteiger partial charge on any atom is 0.324 e. The number of aliphatic hydroxyl groups excluding tert-OH is 1. The van der Waals surface area contributed by atoms with Crippen LogP contribution in [0.1, 0.15) is 6.42 Å². The number of nitrogens with one attached hydrogen (secondary N) is 1. The zero-order chi connectivity index (χ0) is 8.01. The van der Waals surface area contributed by atoms with Gasteiger partial charge in [0.05, 0.1) is 6.10 Å². The second-order valence-electron chi connectivity index (χ2n) is 2.85. The van der Waals surface area contributed by atoms with Gasteiger partial charge in [-0.05, 0) is 0 Å². The van der Waals surface area contributed by atoms with Crippen LogP contribution in [0.4, 0.5) is 4.79 Å². The summed E-state index contributed by atoms with van der Waals surface area (Å²) in [5, 5.41) is 11.3. The van der Waals surface area contributed by atoms with Crippen LogP contribution in [0.5, 0.6) is 0 Å². The van der Waals surface area contributed by atoms with Gasteiger partial charge in [0, 0.05) is 13.0 Å². The van der Waals surface area contributed by atoms with Crippen LogP contribution in [0.3, 0.4) is 0 Å². The van der Waals surface area contributed by atoms with Gasteiger partial charge in [0.25, 0.3) is 5.91 Å². The number of carbonyl (C=O) groups is 2. The summed E-state index contributed by atoms with van der Waals surface area (Å²) in [7, 11) is 0. The fraction of sp³-hybridized carbons (Fsp3) is 0.667. The van der Waals surface area contributed by atoms with Crippen molar-refractivity contribution in [2.45, 2.75) is 18.6 Å². The average molecular weight is 156 g/mol. The molecule has 0 bridgehead atoms. The van der Waals surface area contributed by atoms with Crippen molar-refractivity contribution in [3.63, 3.8) is 0 Å². The van der Waals surface area contributed by atoms with E-state index in [-0.39, 0.29) is 18.5 Å². The highest BCUT2D eigenvalue weighted by molar-refractivity contribution is 6.04. The first kappa shape index (κ1) is 6.60. The van der Waals surface area contributed by atoms with Gasteiger partial charge in [-0.1, -0.05) is 0 Å². The third-order valence-corrected chi connectivity index (χ3v) is 2.07. The van der Waals surface area contributed by atoms with Gasteiger partial charge in [-0.15, -0.1) is 0 Å². The number of nitrogens with zero attached hydrogens (tertiary/aromatic N) is 1. The van der Waals surface area contributed by atoms with Crippen LogP contribution in [0.15, 0.2) is 0 Å². The first-order chi connectivity index (χ1) is 5.18. The van der Waals surface area contributed by atoms with Crippen LogP contribution < -0.4 is 5.32 Å². The highest BCUT2D eigenvalue weighted by Gasteiger charge is 2.44. The molecule has 5 nitrogen and oxygen atoms in total. The first-order valence-corrected chi connectivity index (χ1v) is 3.48. The van der Waals surface area contributed by atoms with Crippen LogP contribution in [0.25, 0.3) is 0 Å². The highest BCUT2D eigenvalue weighted by atomic mass is 16.3. The number of amides is 3. The lowest BCUT2D eigenvalue weighted by Gasteiger charge is -2.09. The van der Waals surface area contributed by atoms with Gasteiger partial charge in [0.2, 0.25) is 0 Å². The summed E-state index contributed by atoms with van der Waals surface area (Å²) in [6.07, 6.45) is -0.160. The Bertz CT molecular complexity index is 206. The zero-order valence-electron chi connectivity index (χ0n) is 5.78. The summed E-state index contributed by atoms with van der Waals surface area (Å²) in [5.74, 6) is -0.286. The molecule has 2 heterocycles. The Morgan fingerprint density at radius 2 is 2.27 bits per heavy atom. The lowest BCUT2D eigenvalue weighted by molar-refractivity contribution is -0.121. The molecule has 2 N–H and O–H groups in total. The minimum atomic E-state index is -0.532. The van der Waals surface area contributed by atoms with Gasteiger partial charge in [0.15, 0.2) is 0 Å². The van der Waals surface area contributed by atoms with Crippen molar-refractivity contribution >= 4 is 11.9 Å². The summed E-state index contributed by atoms with van der Waals surface area (Å²) in [6.45, 7) is 0.280. The van der Waals surface area contributed by atoms with Gasteiger partial charge >= 0.3 is 6.03 Å². The summed E-state index contributed by atoms with van der Waals surface area (Å²) < 4.78 is 0. The highest BCUT2D eigenvalue weighted by Crippen LogP contribution is 2.21. The predicted octanol–water partition coefficient (Wildman–Crippen LogP) is -1.33. The molecule has 2 aliphatic rings. The number of imide groups is 1. The van der Waals surface area contributed by atoms with Crippen molar-refractivity contribution in [1.29, 1.82) is 0 Å². The number of aliphatic hydroxyl groups is 1. The SMILES string of the molecule is O=C1NC(=O)N2C[C@H](O)C[C@@H]12. The lowest BCUT2D eigenvalue weighted by atomic mass is 10.2. The lowest BCUT2D eigenvalue weighted by Crippen LogP contribution is -2.30. The molecule has 0 aromatic carbocycles. The van der Waals surface area contributed by atoms with Gasteiger partial charge in [-0.2, -0.15) is 0 Å². The smallest absolute Gasteiger partial charge is 0.324 e. The van der Waals surface area contributed by atoms with Gasteiger partial charge < -0.3 is 10.0 Å². The number of hydrogen-bond donors (Lipinski definition) is 2. The molecule has 11 heavy (non-hydrogen) atoms. The maximum absolute atomic E-state index is 10.9. The Hall–Kier alpha value is -1.10. The van der Waals surface area contributed by atoms with Crippen LogP contribution >= 0.6 is 0 Å². The van der Waals surface area contributed by atoms with E-state index in [9.17, 15) is 9.59 Å². The van der Waals surface area contributed by atoms with Gasteiger partial charge in [0.1, 0.15) is 6.04 Å². The molecule has 0 aromatic rings. The Kier molecular flexibility index (Phi) is 1.17. The van der Waals surface area contributed by atoms with Crippen LogP contribution in [-0.2, 0) is 4.79 Å². The molecule has 2 atom stereocenters. The molecule has 0 radical (unpaired) electrons. The molecule has 0 saturated carbocycles. The molecule has 0 aliphatic carbocycles. The summed E-state index contributed by atoms with van der Waals surface area (Å²) >= 11 is 0. The van der Waals surface area contributed by atoms with Gasteiger partial charge in [-0.3, -0.25) is 10.1 Å². The van der Waals surface area contributed by atoms with Crippen molar-refractivity contribution < 1.29 is 14.7 Å². The summed E-state index contributed by atoms with van der Waals surface area (Å²) in [5.41, 5.74) is 0. The molecule has 2 rings (SSSR count). The normalized spacial score (nSPS) is 35.9. The minimum Gasteiger partial charge on any atom is -0.391 e. The molecular formula is C6H8N2O3. The van der Waals surface area contributed by atoms with E-state index in [1.54, 1.807) is 0 Å². The second-order valence-corrected chi connectivity index (χ2v) is 2.85.